The summed E-state index contributed by atoms with van der Waals surface area (Å²) in [6, 6.07) is 8.36. The third-order valence-corrected chi connectivity index (χ3v) is 3.55. The lowest BCUT2D eigenvalue weighted by molar-refractivity contribution is -0.157. The zero-order valence-electron chi connectivity index (χ0n) is 15.4. The molecule has 154 valence electrons. The molecule has 2 aromatic rings. The van der Waals surface area contributed by atoms with Crippen LogP contribution in [0.1, 0.15) is 12.5 Å². The van der Waals surface area contributed by atoms with Crippen molar-refractivity contribution in [3.8, 4) is 5.75 Å². The van der Waals surface area contributed by atoms with Crippen molar-refractivity contribution in [1.29, 1.82) is 0 Å². The van der Waals surface area contributed by atoms with Crippen LogP contribution in [0.15, 0.2) is 41.6 Å². The molecule has 0 unspecified atom stereocenters. The van der Waals surface area contributed by atoms with E-state index in [0.29, 0.717) is 17.4 Å². The van der Waals surface area contributed by atoms with Gasteiger partial charge in [-0.1, -0.05) is 5.16 Å². The third kappa shape index (κ3) is 6.23. The van der Waals surface area contributed by atoms with Gasteiger partial charge in [0.2, 0.25) is 6.61 Å². The van der Waals surface area contributed by atoms with Gasteiger partial charge in [-0.3, -0.25) is 4.79 Å². The Morgan fingerprint density at radius 2 is 1.79 bits per heavy atom. The zero-order chi connectivity index (χ0) is 21.4. The first-order valence-electron chi connectivity index (χ1n) is 8.25. The van der Waals surface area contributed by atoms with Gasteiger partial charge >= 0.3 is 5.97 Å². The number of halogens is 3. The van der Waals surface area contributed by atoms with Gasteiger partial charge in [0.15, 0.2) is 23.6 Å². The van der Waals surface area contributed by atoms with Crippen LogP contribution >= 0.6 is 0 Å². The predicted octanol–water partition coefficient (Wildman–Crippen LogP) is 3.03. The number of carbonyl (C=O) groups is 2. The van der Waals surface area contributed by atoms with Gasteiger partial charge in [-0.15, -0.1) is 0 Å². The fraction of sp³-hybridized carbons (Fsp3) is 0.211. The summed E-state index contributed by atoms with van der Waals surface area (Å²) in [5, 5.41) is 5.60. The molecule has 29 heavy (non-hydrogen) atoms. The van der Waals surface area contributed by atoms with Gasteiger partial charge in [0, 0.05) is 0 Å². The molecule has 2 rings (SSSR count). The van der Waals surface area contributed by atoms with Gasteiger partial charge in [0.1, 0.15) is 5.75 Å². The number of hydrogen-bond acceptors (Lipinski definition) is 6. The van der Waals surface area contributed by atoms with Crippen molar-refractivity contribution >= 4 is 23.8 Å². The molecular weight excluding hydrogens is 393 g/mol. The molecule has 0 saturated carbocycles. The normalized spacial score (nSPS) is 11.8. The lowest BCUT2D eigenvalue weighted by Crippen LogP contribution is -2.31. The average Bonchev–Trinajstić information content (AvgIpc) is 2.72. The van der Waals surface area contributed by atoms with E-state index in [2.05, 4.69) is 5.16 Å². The molecule has 0 fully saturated rings. The molecule has 1 amide bonds. The van der Waals surface area contributed by atoms with E-state index in [-0.39, 0.29) is 0 Å². The summed E-state index contributed by atoms with van der Waals surface area (Å²) in [6.45, 7) is 0.634. The molecule has 0 aliphatic rings. The van der Waals surface area contributed by atoms with E-state index in [1.54, 1.807) is 24.3 Å². The molecule has 0 heterocycles. The molecule has 0 saturated heterocycles. The van der Waals surface area contributed by atoms with Gasteiger partial charge in [0.05, 0.1) is 19.0 Å². The molecule has 0 bridgehead atoms. The second-order valence-corrected chi connectivity index (χ2v) is 5.63. The van der Waals surface area contributed by atoms with E-state index in [9.17, 15) is 22.8 Å². The quantitative estimate of drug-likeness (QED) is 0.313. The standard InChI is InChI=1S/C19H17F3N2O5/c1-11(19(26)24-15-8-7-14(20)17(21)18(15)22)29-16(25)10-28-23-9-12-3-5-13(27-2)6-4-12/h3-9,11H,10H2,1-2H3,(H,24,26)/b23-9-/t11-/m1/s1. The van der Waals surface area contributed by atoms with Crippen LogP contribution in [0.5, 0.6) is 5.75 Å². The maximum atomic E-state index is 13.6. The Balaban J connectivity index is 1.79. The maximum Gasteiger partial charge on any atom is 0.347 e. The first kappa shape index (κ1) is 21.7. The Hall–Kier alpha value is -3.56. The third-order valence-electron chi connectivity index (χ3n) is 3.55. The van der Waals surface area contributed by atoms with Gasteiger partial charge < -0.3 is 19.6 Å². The highest BCUT2D eigenvalue weighted by atomic mass is 19.2. The monoisotopic (exact) mass is 410 g/mol. The number of anilines is 1. The molecule has 0 spiro atoms. The number of methoxy groups -OCH3 is 1. The SMILES string of the molecule is COc1ccc(/C=N\OCC(=O)O[C@H](C)C(=O)Nc2ccc(F)c(F)c2F)cc1. The molecule has 0 aromatic heterocycles. The lowest BCUT2D eigenvalue weighted by atomic mass is 10.2. The molecule has 2 aromatic carbocycles. The Morgan fingerprint density at radius 1 is 1.10 bits per heavy atom. The van der Waals surface area contributed by atoms with Crippen LogP contribution in [-0.2, 0) is 19.2 Å². The summed E-state index contributed by atoms with van der Waals surface area (Å²) in [5.41, 5.74) is 0.109. The number of nitrogens with one attached hydrogen (secondary N) is 1. The fourth-order valence-electron chi connectivity index (χ4n) is 2.02. The van der Waals surface area contributed by atoms with Gasteiger partial charge in [-0.2, -0.15) is 0 Å². The largest absolute Gasteiger partial charge is 0.497 e. The van der Waals surface area contributed by atoms with Crippen molar-refractivity contribution in [3.63, 3.8) is 0 Å². The molecule has 1 N–H and O–H groups in total. The number of rotatable bonds is 8. The van der Waals surface area contributed by atoms with Crippen molar-refractivity contribution in [2.24, 2.45) is 5.16 Å². The number of ether oxygens (including phenoxy) is 2. The maximum absolute atomic E-state index is 13.6. The molecule has 0 radical (unpaired) electrons. The van der Waals surface area contributed by atoms with Crippen molar-refractivity contribution in [3.05, 3.63) is 59.4 Å². The number of carbonyl (C=O) groups excluding carboxylic acids is 2. The van der Waals surface area contributed by atoms with E-state index in [1.807, 2.05) is 5.32 Å². The molecule has 0 aliphatic carbocycles. The summed E-state index contributed by atoms with van der Waals surface area (Å²) >= 11 is 0. The van der Waals surface area contributed by atoms with Gasteiger partial charge in [0.25, 0.3) is 5.91 Å². The minimum Gasteiger partial charge on any atom is -0.497 e. The highest BCUT2D eigenvalue weighted by Gasteiger charge is 2.21. The summed E-state index contributed by atoms with van der Waals surface area (Å²) in [5.74, 6) is -5.87. The van der Waals surface area contributed by atoms with Crippen molar-refractivity contribution in [2.75, 3.05) is 19.0 Å². The summed E-state index contributed by atoms with van der Waals surface area (Å²) in [7, 11) is 1.54. The zero-order valence-corrected chi connectivity index (χ0v) is 15.4. The predicted molar refractivity (Wildman–Crippen MR) is 97.0 cm³/mol. The van der Waals surface area contributed by atoms with Crippen LogP contribution in [0.4, 0.5) is 18.9 Å². The topological polar surface area (TPSA) is 86.2 Å². The van der Waals surface area contributed by atoms with Crippen LogP contribution in [0, 0.1) is 17.5 Å². The first-order valence-corrected chi connectivity index (χ1v) is 8.25. The lowest BCUT2D eigenvalue weighted by Gasteiger charge is -2.13. The van der Waals surface area contributed by atoms with Crippen LogP contribution in [0.2, 0.25) is 0 Å². The molecule has 1 atom stereocenters. The molecule has 0 aliphatic heterocycles. The van der Waals surface area contributed by atoms with E-state index >= 15 is 0 Å². The van der Waals surface area contributed by atoms with Crippen molar-refractivity contribution in [2.45, 2.75) is 13.0 Å². The Bertz CT molecular complexity index is 903. The van der Waals surface area contributed by atoms with E-state index in [4.69, 9.17) is 14.3 Å². The number of amides is 1. The van der Waals surface area contributed by atoms with Gasteiger partial charge in [-0.05, 0) is 48.9 Å². The highest BCUT2D eigenvalue weighted by Crippen LogP contribution is 2.20. The Morgan fingerprint density at radius 3 is 2.45 bits per heavy atom. The number of benzene rings is 2. The smallest absolute Gasteiger partial charge is 0.347 e. The minimum atomic E-state index is -1.73. The number of esters is 1. The van der Waals surface area contributed by atoms with Crippen molar-refractivity contribution < 1.29 is 37.1 Å². The van der Waals surface area contributed by atoms with E-state index in [1.165, 1.54) is 20.2 Å². The minimum absolute atomic E-state index is 0.580. The summed E-state index contributed by atoms with van der Waals surface area (Å²) in [4.78, 5) is 28.4. The van der Waals surface area contributed by atoms with Crippen LogP contribution < -0.4 is 10.1 Å². The second kappa shape index (κ2) is 10.1. The summed E-state index contributed by atoms with van der Waals surface area (Å²) < 4.78 is 49.4. The average molecular weight is 410 g/mol. The van der Waals surface area contributed by atoms with Crippen LogP contribution in [0.25, 0.3) is 0 Å². The van der Waals surface area contributed by atoms with Crippen LogP contribution in [0.3, 0.4) is 0 Å². The Labute approximate surface area is 164 Å². The molecule has 7 nitrogen and oxygen atoms in total. The fourth-order valence-corrected chi connectivity index (χ4v) is 2.02. The van der Waals surface area contributed by atoms with E-state index < -0.39 is 47.7 Å². The van der Waals surface area contributed by atoms with Crippen molar-refractivity contribution in [1.82, 2.24) is 0 Å². The molecule has 10 heteroatoms. The number of hydrogen-bond donors (Lipinski definition) is 1. The first-order chi connectivity index (χ1) is 13.8. The highest BCUT2D eigenvalue weighted by molar-refractivity contribution is 5.95. The number of nitrogens with zero attached hydrogens (tertiary/aromatic N) is 1. The van der Waals surface area contributed by atoms with Crippen LogP contribution in [-0.4, -0.2) is 37.9 Å². The number of oxime groups is 1. The second-order valence-electron chi connectivity index (χ2n) is 5.63. The Kier molecular flexibility index (Phi) is 7.58. The van der Waals surface area contributed by atoms with E-state index in [0.717, 1.165) is 6.07 Å². The van der Waals surface area contributed by atoms with Gasteiger partial charge in [-0.25, -0.2) is 18.0 Å². The summed E-state index contributed by atoms with van der Waals surface area (Å²) in [6.07, 6.45) is 0.0125. The molecular formula is C19H17F3N2O5.